The third kappa shape index (κ3) is 4.57. The molecule has 1 saturated carbocycles. The molecule has 29 heavy (non-hydrogen) atoms. The van der Waals surface area contributed by atoms with Crippen molar-refractivity contribution in [3.05, 3.63) is 35.4 Å². The molecule has 1 aromatic carbocycles. The molecule has 158 valence electrons. The van der Waals surface area contributed by atoms with E-state index in [1.807, 2.05) is 0 Å². The Morgan fingerprint density at radius 3 is 2.03 bits per heavy atom. The molecule has 0 aromatic heterocycles. The maximum absolute atomic E-state index is 13.9. The average Bonchev–Trinajstić information content (AvgIpc) is 2.64. The van der Waals surface area contributed by atoms with Crippen molar-refractivity contribution in [1.82, 2.24) is 15.1 Å². The van der Waals surface area contributed by atoms with Crippen molar-refractivity contribution in [1.29, 1.82) is 0 Å². The van der Waals surface area contributed by atoms with E-state index in [0.717, 1.165) is 31.4 Å². The molecule has 1 atom stereocenters. The average molecular weight is 407 g/mol. The molecular weight excluding hydrogens is 380 g/mol. The number of carbonyl (C=O) groups excluding carboxylic acids is 3. The topological polar surface area (TPSA) is 69.7 Å². The fourth-order valence-electron chi connectivity index (χ4n) is 3.70. The smallest absolute Gasteiger partial charge is 0.257 e. The van der Waals surface area contributed by atoms with Crippen LogP contribution in [0.15, 0.2) is 18.2 Å². The Balaban J connectivity index is 1.63. The molecule has 0 bridgehead atoms. The third-order valence-electron chi connectivity index (χ3n) is 5.77. The highest BCUT2D eigenvalue weighted by molar-refractivity contribution is 5.98. The maximum Gasteiger partial charge on any atom is 0.257 e. The van der Waals surface area contributed by atoms with Crippen molar-refractivity contribution >= 4 is 17.7 Å². The first kappa shape index (κ1) is 21.2. The van der Waals surface area contributed by atoms with Gasteiger partial charge in [0.05, 0.1) is 0 Å². The Labute approximate surface area is 169 Å². The van der Waals surface area contributed by atoms with Gasteiger partial charge < -0.3 is 15.1 Å². The molecule has 1 aliphatic heterocycles. The monoisotopic (exact) mass is 407 g/mol. The Kier molecular flexibility index (Phi) is 6.49. The van der Waals surface area contributed by atoms with Crippen LogP contribution in [0, 0.1) is 23.5 Å². The van der Waals surface area contributed by atoms with E-state index in [1.165, 1.54) is 6.07 Å². The van der Waals surface area contributed by atoms with Gasteiger partial charge in [0, 0.05) is 32.1 Å². The summed E-state index contributed by atoms with van der Waals surface area (Å²) in [4.78, 5) is 41.2. The van der Waals surface area contributed by atoms with E-state index in [0.29, 0.717) is 26.2 Å². The summed E-state index contributed by atoms with van der Waals surface area (Å²) in [6.07, 6.45) is 2.96. The van der Waals surface area contributed by atoms with Gasteiger partial charge in [-0.2, -0.15) is 0 Å². The van der Waals surface area contributed by atoms with E-state index < -0.39 is 29.1 Å². The molecule has 8 heteroatoms. The number of halogens is 2. The molecule has 1 aromatic rings. The lowest BCUT2D eigenvalue weighted by Gasteiger charge is -2.39. The number of carbonyl (C=O) groups is 3. The number of piperazine rings is 1. The van der Waals surface area contributed by atoms with Crippen molar-refractivity contribution in [2.75, 3.05) is 26.2 Å². The molecule has 0 radical (unpaired) electrons. The van der Waals surface area contributed by atoms with Crippen LogP contribution in [0.4, 0.5) is 8.78 Å². The third-order valence-corrected chi connectivity index (χ3v) is 5.77. The molecule has 2 fully saturated rings. The van der Waals surface area contributed by atoms with E-state index in [1.54, 1.807) is 23.6 Å². The number of nitrogens with zero attached hydrogens (tertiary/aromatic N) is 2. The molecule has 3 rings (SSSR count). The van der Waals surface area contributed by atoms with Crippen molar-refractivity contribution in [2.45, 2.75) is 39.2 Å². The zero-order chi connectivity index (χ0) is 21.1. The highest BCUT2D eigenvalue weighted by Crippen LogP contribution is 2.28. The van der Waals surface area contributed by atoms with Gasteiger partial charge in [-0.05, 0) is 30.9 Å². The molecule has 0 spiro atoms. The number of amides is 3. The van der Waals surface area contributed by atoms with Crippen LogP contribution in [0.5, 0.6) is 0 Å². The molecule has 1 heterocycles. The van der Waals surface area contributed by atoms with Crippen LogP contribution in [-0.2, 0) is 9.59 Å². The van der Waals surface area contributed by atoms with Crippen LogP contribution in [0.3, 0.4) is 0 Å². The number of hydrogen-bond donors (Lipinski definition) is 1. The van der Waals surface area contributed by atoms with Crippen molar-refractivity contribution in [3.8, 4) is 0 Å². The predicted molar refractivity (Wildman–Crippen MR) is 103 cm³/mol. The lowest BCUT2D eigenvalue weighted by molar-refractivity contribution is -0.145. The fourth-order valence-corrected chi connectivity index (χ4v) is 3.70. The van der Waals surface area contributed by atoms with Gasteiger partial charge in [-0.1, -0.05) is 26.3 Å². The van der Waals surface area contributed by atoms with E-state index in [9.17, 15) is 23.2 Å². The quantitative estimate of drug-likeness (QED) is 0.814. The SMILES string of the molecule is CC(C)C(NC(=O)c1c(F)cccc1F)C(=O)N1CCN(C(=O)C2CCC2)CC1. The molecule has 2 aliphatic rings. The van der Waals surface area contributed by atoms with Crippen LogP contribution >= 0.6 is 0 Å². The Morgan fingerprint density at radius 1 is 1.00 bits per heavy atom. The van der Waals surface area contributed by atoms with E-state index in [4.69, 9.17) is 0 Å². The summed E-state index contributed by atoms with van der Waals surface area (Å²) < 4.78 is 27.8. The molecule has 1 unspecified atom stereocenters. The van der Waals surface area contributed by atoms with E-state index in [2.05, 4.69) is 5.32 Å². The van der Waals surface area contributed by atoms with Gasteiger partial charge in [-0.15, -0.1) is 0 Å². The molecule has 3 amide bonds. The van der Waals surface area contributed by atoms with Crippen molar-refractivity contribution in [3.63, 3.8) is 0 Å². The number of nitrogens with one attached hydrogen (secondary N) is 1. The zero-order valence-corrected chi connectivity index (χ0v) is 16.8. The first-order chi connectivity index (χ1) is 13.8. The minimum atomic E-state index is -0.972. The first-order valence-corrected chi connectivity index (χ1v) is 10.1. The summed E-state index contributed by atoms with van der Waals surface area (Å²) in [7, 11) is 0. The lowest BCUT2D eigenvalue weighted by atomic mass is 9.84. The standard InChI is InChI=1S/C21H27F2N3O3/c1-13(2)18(24-19(27)17-15(22)7-4-8-16(17)23)21(29)26-11-9-25(10-12-26)20(28)14-5-3-6-14/h4,7-8,13-14,18H,3,5-6,9-12H2,1-2H3,(H,24,27). The number of hydrogen-bond acceptors (Lipinski definition) is 3. The molecule has 6 nitrogen and oxygen atoms in total. The van der Waals surface area contributed by atoms with E-state index in [-0.39, 0.29) is 23.7 Å². The summed E-state index contributed by atoms with van der Waals surface area (Å²) in [5.41, 5.74) is -0.693. The van der Waals surface area contributed by atoms with Gasteiger partial charge in [0.1, 0.15) is 23.2 Å². The van der Waals surface area contributed by atoms with E-state index >= 15 is 0 Å². The molecule has 1 aliphatic carbocycles. The Bertz CT molecular complexity index is 767. The van der Waals surface area contributed by atoms with Gasteiger partial charge in [-0.25, -0.2) is 8.78 Å². The largest absolute Gasteiger partial charge is 0.340 e. The van der Waals surface area contributed by atoms with Crippen LogP contribution in [0.1, 0.15) is 43.5 Å². The summed E-state index contributed by atoms with van der Waals surface area (Å²) in [6.45, 7) is 5.20. The van der Waals surface area contributed by atoms with Crippen molar-refractivity contribution < 1.29 is 23.2 Å². The van der Waals surface area contributed by atoms with Crippen LogP contribution < -0.4 is 5.32 Å². The Morgan fingerprint density at radius 2 is 1.55 bits per heavy atom. The second kappa shape index (κ2) is 8.88. The van der Waals surface area contributed by atoms with Gasteiger partial charge in [0.15, 0.2) is 0 Å². The van der Waals surface area contributed by atoms with Crippen LogP contribution in [-0.4, -0.2) is 59.7 Å². The zero-order valence-electron chi connectivity index (χ0n) is 16.8. The van der Waals surface area contributed by atoms with Gasteiger partial charge in [-0.3, -0.25) is 14.4 Å². The first-order valence-electron chi connectivity index (χ1n) is 10.1. The summed E-state index contributed by atoms with van der Waals surface area (Å²) in [5, 5.41) is 2.49. The second-order valence-corrected chi connectivity index (χ2v) is 8.07. The minimum absolute atomic E-state index is 0.121. The normalized spacial score (nSPS) is 18.4. The summed E-state index contributed by atoms with van der Waals surface area (Å²) in [6, 6.07) is 2.28. The van der Waals surface area contributed by atoms with Crippen molar-refractivity contribution in [2.24, 2.45) is 11.8 Å². The summed E-state index contributed by atoms with van der Waals surface area (Å²) >= 11 is 0. The highest BCUT2D eigenvalue weighted by Gasteiger charge is 2.35. The minimum Gasteiger partial charge on any atom is -0.340 e. The predicted octanol–water partition coefficient (Wildman–Crippen LogP) is 2.19. The Hall–Kier alpha value is -2.51. The van der Waals surface area contributed by atoms with Gasteiger partial charge in [0.25, 0.3) is 5.91 Å². The van der Waals surface area contributed by atoms with Gasteiger partial charge in [0.2, 0.25) is 11.8 Å². The number of benzene rings is 1. The lowest BCUT2D eigenvalue weighted by Crippen LogP contribution is -2.58. The summed E-state index contributed by atoms with van der Waals surface area (Å²) in [5.74, 6) is -3.19. The highest BCUT2D eigenvalue weighted by atomic mass is 19.1. The maximum atomic E-state index is 13.9. The van der Waals surface area contributed by atoms with Gasteiger partial charge >= 0.3 is 0 Å². The number of rotatable bonds is 5. The fraction of sp³-hybridized carbons (Fsp3) is 0.571. The van der Waals surface area contributed by atoms with Crippen LogP contribution in [0.2, 0.25) is 0 Å². The second-order valence-electron chi connectivity index (χ2n) is 8.07. The molecular formula is C21H27F2N3O3. The molecule has 1 saturated heterocycles. The van der Waals surface area contributed by atoms with Crippen LogP contribution in [0.25, 0.3) is 0 Å². The molecule has 1 N–H and O–H groups in total.